The van der Waals surface area contributed by atoms with Gasteiger partial charge in [0.1, 0.15) is 0 Å². The van der Waals surface area contributed by atoms with Gasteiger partial charge in [0.2, 0.25) is 0 Å². The Kier molecular flexibility index (Phi) is 2.24. The van der Waals surface area contributed by atoms with Gasteiger partial charge in [0.15, 0.2) is 0 Å². The third-order valence-electron chi connectivity index (χ3n) is 1.45. The van der Waals surface area contributed by atoms with E-state index in [1.165, 1.54) is 6.92 Å². The SMILES string of the molecule is CC(=O)ON1CC[C@@H](N)C1. The molecular formula is C6H12N2O2. The van der Waals surface area contributed by atoms with Crippen LogP contribution in [0.25, 0.3) is 0 Å². The summed E-state index contributed by atoms with van der Waals surface area (Å²) in [5, 5.41) is 1.60. The predicted octanol–water partition coefficient (Wildman–Crippen LogP) is -0.502. The molecule has 1 rings (SSSR count). The van der Waals surface area contributed by atoms with Gasteiger partial charge in [-0.15, -0.1) is 5.06 Å². The van der Waals surface area contributed by atoms with E-state index in [1.807, 2.05) is 0 Å². The van der Waals surface area contributed by atoms with Crippen LogP contribution in [-0.4, -0.2) is 30.2 Å². The average Bonchev–Trinajstić information content (AvgIpc) is 2.13. The second-order valence-electron chi connectivity index (χ2n) is 2.52. The fraction of sp³-hybridized carbons (Fsp3) is 0.833. The zero-order valence-electron chi connectivity index (χ0n) is 6.04. The average molecular weight is 144 g/mol. The fourth-order valence-electron chi connectivity index (χ4n) is 1.02. The maximum atomic E-state index is 10.4. The lowest BCUT2D eigenvalue weighted by molar-refractivity contribution is -0.182. The number of hydrogen-bond acceptors (Lipinski definition) is 4. The Morgan fingerprint density at radius 3 is 2.90 bits per heavy atom. The Bertz CT molecular complexity index is 138. The molecule has 10 heavy (non-hydrogen) atoms. The van der Waals surface area contributed by atoms with Gasteiger partial charge in [-0.2, -0.15) is 0 Å². The van der Waals surface area contributed by atoms with Gasteiger partial charge in [-0.1, -0.05) is 0 Å². The first-order valence-corrected chi connectivity index (χ1v) is 3.37. The Balaban J connectivity index is 2.24. The first kappa shape index (κ1) is 7.50. The summed E-state index contributed by atoms with van der Waals surface area (Å²) >= 11 is 0. The molecule has 1 aliphatic rings. The number of nitrogens with two attached hydrogens (primary N) is 1. The molecular weight excluding hydrogens is 132 g/mol. The number of carbonyl (C=O) groups is 1. The Labute approximate surface area is 59.9 Å². The smallest absolute Gasteiger partial charge is 0.322 e. The van der Waals surface area contributed by atoms with E-state index in [2.05, 4.69) is 0 Å². The van der Waals surface area contributed by atoms with Crippen LogP contribution in [0.1, 0.15) is 13.3 Å². The molecule has 1 saturated heterocycles. The Morgan fingerprint density at radius 2 is 2.50 bits per heavy atom. The van der Waals surface area contributed by atoms with Crippen molar-refractivity contribution >= 4 is 5.97 Å². The van der Waals surface area contributed by atoms with Crippen molar-refractivity contribution in [2.24, 2.45) is 5.73 Å². The molecule has 0 aromatic carbocycles. The van der Waals surface area contributed by atoms with E-state index in [-0.39, 0.29) is 12.0 Å². The highest BCUT2D eigenvalue weighted by atomic mass is 16.7. The van der Waals surface area contributed by atoms with Crippen molar-refractivity contribution in [3.05, 3.63) is 0 Å². The Morgan fingerprint density at radius 1 is 1.80 bits per heavy atom. The molecule has 0 saturated carbocycles. The highest BCUT2D eigenvalue weighted by molar-refractivity contribution is 5.65. The number of hydroxylamine groups is 2. The maximum absolute atomic E-state index is 10.4. The third-order valence-corrected chi connectivity index (χ3v) is 1.45. The molecule has 4 nitrogen and oxygen atoms in total. The minimum absolute atomic E-state index is 0.166. The molecule has 0 unspecified atom stereocenters. The van der Waals surface area contributed by atoms with Crippen molar-refractivity contribution in [2.75, 3.05) is 13.1 Å². The van der Waals surface area contributed by atoms with Crippen molar-refractivity contribution in [1.82, 2.24) is 5.06 Å². The van der Waals surface area contributed by atoms with Gasteiger partial charge in [0, 0.05) is 19.5 Å². The van der Waals surface area contributed by atoms with Crippen LogP contribution in [0.4, 0.5) is 0 Å². The second-order valence-corrected chi connectivity index (χ2v) is 2.52. The van der Waals surface area contributed by atoms with Crippen LogP contribution < -0.4 is 5.73 Å². The van der Waals surface area contributed by atoms with Crippen molar-refractivity contribution in [3.8, 4) is 0 Å². The molecule has 0 amide bonds. The summed E-state index contributed by atoms with van der Waals surface area (Å²) in [5.74, 6) is -0.269. The topological polar surface area (TPSA) is 55.6 Å². The summed E-state index contributed by atoms with van der Waals surface area (Å²) in [6.07, 6.45) is 0.910. The lowest BCUT2D eigenvalue weighted by atomic mass is 10.3. The van der Waals surface area contributed by atoms with E-state index < -0.39 is 0 Å². The highest BCUT2D eigenvalue weighted by Gasteiger charge is 2.20. The minimum Gasteiger partial charge on any atom is -0.368 e. The monoisotopic (exact) mass is 144 g/mol. The van der Waals surface area contributed by atoms with Crippen LogP contribution >= 0.6 is 0 Å². The molecule has 0 aromatic rings. The van der Waals surface area contributed by atoms with Gasteiger partial charge >= 0.3 is 5.97 Å². The van der Waals surface area contributed by atoms with E-state index in [0.29, 0.717) is 6.54 Å². The summed E-state index contributed by atoms with van der Waals surface area (Å²) in [4.78, 5) is 15.2. The van der Waals surface area contributed by atoms with E-state index in [1.54, 1.807) is 5.06 Å². The first-order valence-electron chi connectivity index (χ1n) is 3.37. The summed E-state index contributed by atoms with van der Waals surface area (Å²) < 4.78 is 0. The van der Waals surface area contributed by atoms with Crippen molar-refractivity contribution < 1.29 is 9.63 Å². The largest absolute Gasteiger partial charge is 0.368 e. The van der Waals surface area contributed by atoms with E-state index in [4.69, 9.17) is 10.6 Å². The molecule has 0 radical (unpaired) electrons. The highest BCUT2D eigenvalue weighted by Crippen LogP contribution is 2.06. The van der Waals surface area contributed by atoms with Gasteiger partial charge in [0.05, 0.1) is 6.54 Å². The molecule has 1 fully saturated rings. The van der Waals surface area contributed by atoms with Gasteiger partial charge < -0.3 is 10.6 Å². The third kappa shape index (κ3) is 1.97. The molecule has 1 aliphatic heterocycles. The quantitative estimate of drug-likeness (QED) is 0.539. The van der Waals surface area contributed by atoms with E-state index >= 15 is 0 Å². The molecule has 2 N–H and O–H groups in total. The molecule has 0 aromatic heterocycles. The summed E-state index contributed by atoms with van der Waals surface area (Å²) in [6.45, 7) is 2.82. The zero-order chi connectivity index (χ0) is 7.56. The van der Waals surface area contributed by atoms with Crippen LogP contribution in [0, 0.1) is 0 Å². The number of hydrogen-bond donors (Lipinski definition) is 1. The van der Waals surface area contributed by atoms with Crippen molar-refractivity contribution in [3.63, 3.8) is 0 Å². The summed E-state index contributed by atoms with van der Waals surface area (Å²) in [6, 6.07) is 0.166. The van der Waals surface area contributed by atoms with E-state index in [9.17, 15) is 4.79 Å². The maximum Gasteiger partial charge on any atom is 0.322 e. The molecule has 1 atom stereocenters. The van der Waals surface area contributed by atoms with Crippen molar-refractivity contribution in [1.29, 1.82) is 0 Å². The molecule has 1 heterocycles. The minimum atomic E-state index is -0.269. The molecule has 0 bridgehead atoms. The normalized spacial score (nSPS) is 26.8. The van der Waals surface area contributed by atoms with Crippen LogP contribution in [0.2, 0.25) is 0 Å². The lowest BCUT2D eigenvalue weighted by Gasteiger charge is -2.12. The first-order chi connectivity index (χ1) is 4.68. The predicted molar refractivity (Wildman–Crippen MR) is 35.9 cm³/mol. The zero-order valence-corrected chi connectivity index (χ0v) is 6.04. The van der Waals surface area contributed by atoms with Crippen molar-refractivity contribution in [2.45, 2.75) is 19.4 Å². The number of nitrogens with zero attached hydrogens (tertiary/aromatic N) is 1. The fourth-order valence-corrected chi connectivity index (χ4v) is 1.02. The molecule has 0 spiro atoms. The van der Waals surface area contributed by atoms with Gasteiger partial charge in [-0.05, 0) is 6.42 Å². The van der Waals surface area contributed by atoms with Crippen LogP contribution in [0.5, 0.6) is 0 Å². The molecule has 58 valence electrons. The second kappa shape index (κ2) is 2.98. The summed E-state index contributed by atoms with van der Waals surface area (Å²) in [7, 11) is 0. The van der Waals surface area contributed by atoms with Crippen LogP contribution in [-0.2, 0) is 9.63 Å². The van der Waals surface area contributed by atoms with Gasteiger partial charge in [-0.3, -0.25) is 4.79 Å². The lowest BCUT2D eigenvalue weighted by Crippen LogP contribution is -2.28. The molecule has 0 aliphatic carbocycles. The van der Waals surface area contributed by atoms with E-state index in [0.717, 1.165) is 13.0 Å². The standard InChI is InChI=1S/C6H12N2O2/c1-5(9)10-8-3-2-6(7)4-8/h6H,2-4,7H2,1H3/t6-/m1/s1. The van der Waals surface area contributed by atoms with Gasteiger partial charge in [-0.25, -0.2) is 0 Å². The van der Waals surface area contributed by atoms with Crippen LogP contribution in [0.3, 0.4) is 0 Å². The molecule has 4 heteroatoms. The van der Waals surface area contributed by atoms with Gasteiger partial charge in [0.25, 0.3) is 0 Å². The van der Waals surface area contributed by atoms with Crippen LogP contribution in [0.15, 0.2) is 0 Å². The Hall–Kier alpha value is -0.610. The number of carbonyl (C=O) groups excluding carboxylic acids is 1. The number of rotatable bonds is 1. The summed E-state index contributed by atoms with van der Waals surface area (Å²) in [5.41, 5.74) is 5.57.